The van der Waals surface area contributed by atoms with Crippen molar-refractivity contribution in [2.75, 3.05) is 19.6 Å². The second-order valence-electron chi connectivity index (χ2n) is 9.23. The van der Waals surface area contributed by atoms with Crippen LogP contribution in [-0.4, -0.2) is 44.7 Å². The molecule has 6 heteroatoms. The van der Waals surface area contributed by atoms with Crippen LogP contribution in [0.4, 0.5) is 0 Å². The van der Waals surface area contributed by atoms with Crippen molar-refractivity contribution >= 4 is 11.0 Å². The summed E-state index contributed by atoms with van der Waals surface area (Å²) in [6.07, 6.45) is 6.26. The van der Waals surface area contributed by atoms with Gasteiger partial charge in [-0.3, -0.25) is 14.8 Å². The number of likely N-dealkylation sites (tertiary alicyclic amines) is 1. The van der Waals surface area contributed by atoms with Crippen molar-refractivity contribution in [2.45, 2.75) is 39.4 Å². The zero-order valence-corrected chi connectivity index (χ0v) is 19.2. The number of rotatable bonds is 8. The van der Waals surface area contributed by atoms with Gasteiger partial charge in [-0.05, 0) is 83.5 Å². The van der Waals surface area contributed by atoms with Gasteiger partial charge in [0, 0.05) is 38.6 Å². The molecular weight excluding hydrogens is 410 g/mol. The van der Waals surface area contributed by atoms with Crippen molar-refractivity contribution in [2.24, 2.45) is 5.92 Å². The van der Waals surface area contributed by atoms with Crippen LogP contribution in [0, 0.1) is 12.8 Å². The minimum Gasteiger partial charge on any atom is -0.299 e. The lowest BCUT2D eigenvalue weighted by Crippen LogP contribution is -2.38. The molecule has 6 nitrogen and oxygen atoms in total. The Morgan fingerprint density at radius 1 is 0.939 bits per heavy atom. The van der Waals surface area contributed by atoms with Crippen molar-refractivity contribution in [3.8, 4) is 0 Å². The Morgan fingerprint density at radius 3 is 2.61 bits per heavy atom. The standard InChI is InChI=1S/C27H31N5O/c1-21-6-2-3-8-24(21)19-31-14-11-22(12-15-31)17-32(18-23-7-5-13-28-16-23)20-25-9-4-10-26-27(25)30-33-29-26/h2-10,13,16,22H,11-12,14-15,17-20H2,1H3. The first-order valence-electron chi connectivity index (χ1n) is 11.8. The fourth-order valence-corrected chi connectivity index (χ4v) is 4.89. The van der Waals surface area contributed by atoms with Gasteiger partial charge in [0.2, 0.25) is 0 Å². The molecule has 4 aromatic rings. The number of aryl methyl sites for hydroxylation is 1. The van der Waals surface area contributed by atoms with Crippen LogP contribution in [0.1, 0.15) is 35.1 Å². The molecule has 3 heterocycles. The van der Waals surface area contributed by atoms with E-state index in [0.717, 1.165) is 55.9 Å². The Balaban J connectivity index is 1.24. The quantitative estimate of drug-likeness (QED) is 0.390. The van der Waals surface area contributed by atoms with E-state index in [1.807, 2.05) is 30.6 Å². The third-order valence-corrected chi connectivity index (χ3v) is 6.77. The molecular formula is C27H31N5O. The number of benzene rings is 2. The van der Waals surface area contributed by atoms with Gasteiger partial charge < -0.3 is 0 Å². The van der Waals surface area contributed by atoms with Gasteiger partial charge in [0.25, 0.3) is 0 Å². The van der Waals surface area contributed by atoms with Gasteiger partial charge in [0.05, 0.1) is 0 Å². The highest BCUT2D eigenvalue weighted by Crippen LogP contribution is 2.24. The van der Waals surface area contributed by atoms with Crippen molar-refractivity contribution in [3.05, 3.63) is 89.2 Å². The van der Waals surface area contributed by atoms with E-state index in [0.29, 0.717) is 5.92 Å². The maximum atomic E-state index is 4.99. The van der Waals surface area contributed by atoms with Crippen molar-refractivity contribution in [3.63, 3.8) is 0 Å². The van der Waals surface area contributed by atoms with Crippen LogP contribution in [0.25, 0.3) is 11.0 Å². The summed E-state index contributed by atoms with van der Waals surface area (Å²) in [5.41, 5.74) is 6.91. The molecule has 1 saturated heterocycles. The number of piperidine rings is 1. The van der Waals surface area contributed by atoms with Crippen LogP contribution in [0.3, 0.4) is 0 Å². The van der Waals surface area contributed by atoms with Crippen LogP contribution >= 0.6 is 0 Å². The molecule has 2 aromatic carbocycles. The lowest BCUT2D eigenvalue weighted by molar-refractivity contribution is 0.132. The molecule has 0 spiro atoms. The largest absolute Gasteiger partial charge is 0.299 e. The summed E-state index contributed by atoms with van der Waals surface area (Å²) in [5, 5.41) is 8.17. The predicted octanol–water partition coefficient (Wildman–Crippen LogP) is 4.84. The second kappa shape index (κ2) is 10.2. The molecule has 0 N–H and O–H groups in total. The fourth-order valence-electron chi connectivity index (χ4n) is 4.89. The van der Waals surface area contributed by atoms with Crippen molar-refractivity contribution in [1.29, 1.82) is 0 Å². The van der Waals surface area contributed by atoms with E-state index >= 15 is 0 Å². The summed E-state index contributed by atoms with van der Waals surface area (Å²) in [4.78, 5) is 9.45. The molecule has 1 fully saturated rings. The predicted molar refractivity (Wildman–Crippen MR) is 129 cm³/mol. The summed E-state index contributed by atoms with van der Waals surface area (Å²) in [5.74, 6) is 0.685. The van der Waals surface area contributed by atoms with Crippen LogP contribution in [-0.2, 0) is 19.6 Å². The van der Waals surface area contributed by atoms with Crippen LogP contribution in [0.2, 0.25) is 0 Å². The average Bonchev–Trinajstić information content (AvgIpc) is 3.33. The molecule has 0 saturated carbocycles. The Morgan fingerprint density at radius 2 is 1.79 bits per heavy atom. The summed E-state index contributed by atoms with van der Waals surface area (Å²) < 4.78 is 4.99. The SMILES string of the molecule is Cc1ccccc1CN1CCC(CN(Cc2cccnc2)Cc2cccc3nonc23)CC1. The minimum absolute atomic E-state index is 0.685. The maximum Gasteiger partial charge on any atom is 0.139 e. The molecule has 1 aliphatic heterocycles. The highest BCUT2D eigenvalue weighted by atomic mass is 16.6. The monoisotopic (exact) mass is 441 g/mol. The van der Waals surface area contributed by atoms with E-state index in [4.69, 9.17) is 4.63 Å². The van der Waals surface area contributed by atoms with Crippen LogP contribution in [0.15, 0.2) is 71.6 Å². The first kappa shape index (κ1) is 21.7. The topological polar surface area (TPSA) is 58.3 Å². The van der Waals surface area contributed by atoms with E-state index in [2.05, 4.69) is 68.4 Å². The first-order chi connectivity index (χ1) is 16.2. The second-order valence-corrected chi connectivity index (χ2v) is 9.23. The molecule has 5 rings (SSSR count). The molecule has 0 atom stereocenters. The Kier molecular flexibility index (Phi) is 6.74. The third kappa shape index (κ3) is 5.46. The minimum atomic E-state index is 0.685. The molecule has 0 radical (unpaired) electrons. The van der Waals surface area contributed by atoms with Crippen molar-refractivity contribution in [1.82, 2.24) is 25.1 Å². The summed E-state index contributed by atoms with van der Waals surface area (Å²) in [6, 6.07) is 19.0. The van der Waals surface area contributed by atoms with Crippen molar-refractivity contribution < 1.29 is 4.63 Å². The van der Waals surface area contributed by atoms with Crippen LogP contribution < -0.4 is 0 Å². The van der Waals surface area contributed by atoms with Gasteiger partial charge in [0.15, 0.2) is 0 Å². The van der Waals surface area contributed by atoms with Crippen LogP contribution in [0.5, 0.6) is 0 Å². The fraction of sp³-hybridized carbons (Fsp3) is 0.370. The zero-order valence-electron chi connectivity index (χ0n) is 19.2. The third-order valence-electron chi connectivity index (χ3n) is 6.77. The Hall–Kier alpha value is -3.09. The lowest BCUT2D eigenvalue weighted by Gasteiger charge is -2.35. The molecule has 170 valence electrons. The van der Waals surface area contributed by atoms with E-state index < -0.39 is 0 Å². The summed E-state index contributed by atoms with van der Waals surface area (Å²) in [6.45, 7) is 8.34. The Bertz CT molecular complexity index is 1170. The van der Waals surface area contributed by atoms with Gasteiger partial charge in [-0.2, -0.15) is 0 Å². The van der Waals surface area contributed by atoms with E-state index in [9.17, 15) is 0 Å². The number of nitrogens with zero attached hydrogens (tertiary/aromatic N) is 5. The van der Waals surface area contributed by atoms with Gasteiger partial charge in [-0.15, -0.1) is 0 Å². The number of fused-ring (bicyclic) bond motifs is 1. The average molecular weight is 442 g/mol. The van der Waals surface area contributed by atoms with E-state index in [-0.39, 0.29) is 0 Å². The molecule has 2 aromatic heterocycles. The van der Waals surface area contributed by atoms with E-state index in [1.54, 1.807) is 0 Å². The number of aromatic nitrogens is 3. The zero-order chi connectivity index (χ0) is 22.5. The highest BCUT2D eigenvalue weighted by molar-refractivity contribution is 5.76. The first-order valence-corrected chi connectivity index (χ1v) is 11.8. The normalized spacial score (nSPS) is 15.5. The highest BCUT2D eigenvalue weighted by Gasteiger charge is 2.23. The molecule has 0 bridgehead atoms. The lowest BCUT2D eigenvalue weighted by atomic mass is 9.95. The summed E-state index contributed by atoms with van der Waals surface area (Å²) in [7, 11) is 0. The van der Waals surface area contributed by atoms with Gasteiger partial charge in [-0.25, -0.2) is 4.63 Å². The van der Waals surface area contributed by atoms with Gasteiger partial charge in [-0.1, -0.05) is 42.5 Å². The number of pyridine rings is 1. The Labute approximate surface area is 195 Å². The van der Waals surface area contributed by atoms with Gasteiger partial charge in [0.1, 0.15) is 11.0 Å². The molecule has 0 aliphatic carbocycles. The smallest absolute Gasteiger partial charge is 0.139 e. The summed E-state index contributed by atoms with van der Waals surface area (Å²) >= 11 is 0. The maximum absolute atomic E-state index is 4.99. The molecule has 33 heavy (non-hydrogen) atoms. The van der Waals surface area contributed by atoms with E-state index in [1.165, 1.54) is 29.5 Å². The number of hydrogen-bond donors (Lipinski definition) is 0. The van der Waals surface area contributed by atoms with Gasteiger partial charge >= 0.3 is 0 Å². The molecule has 0 amide bonds. The number of hydrogen-bond acceptors (Lipinski definition) is 6. The molecule has 1 aliphatic rings. The molecule has 0 unspecified atom stereocenters.